The fourth-order valence-electron chi connectivity index (χ4n) is 5.40. The number of benzene rings is 1. The van der Waals surface area contributed by atoms with Crippen molar-refractivity contribution in [1.82, 2.24) is 10.2 Å². The molecule has 1 N–H and O–H groups in total. The van der Waals surface area contributed by atoms with Crippen LogP contribution in [0.5, 0.6) is 0 Å². The number of hydrogen-bond acceptors (Lipinski definition) is 3. The van der Waals surface area contributed by atoms with Gasteiger partial charge in [0.2, 0.25) is 0 Å². The summed E-state index contributed by atoms with van der Waals surface area (Å²) in [5, 5.41) is 3.87. The lowest BCUT2D eigenvalue weighted by Gasteiger charge is -2.57. The summed E-state index contributed by atoms with van der Waals surface area (Å²) in [7, 11) is 2.14. The predicted octanol–water partition coefficient (Wildman–Crippen LogP) is 3.19. The number of nitrogens with zero attached hydrogens (tertiary/aromatic N) is 1. The normalized spacial score (nSPS) is 30.7. The second kappa shape index (κ2) is 6.74. The minimum Gasteiger partial charge on any atom is -0.377 e. The molecule has 3 atom stereocenters. The molecule has 4 rings (SSSR count). The summed E-state index contributed by atoms with van der Waals surface area (Å²) < 4.78 is 19.0. The van der Waals surface area contributed by atoms with E-state index in [1.54, 1.807) is 12.1 Å². The Morgan fingerprint density at radius 3 is 2.75 bits per heavy atom. The van der Waals surface area contributed by atoms with Gasteiger partial charge in [-0.15, -0.1) is 0 Å². The maximum absolute atomic E-state index is 13.0. The lowest BCUT2D eigenvalue weighted by atomic mass is 9.54. The van der Waals surface area contributed by atoms with Gasteiger partial charge >= 0.3 is 0 Å². The molecule has 1 aromatic rings. The third-order valence-corrected chi connectivity index (χ3v) is 6.51. The molecule has 4 heteroatoms. The van der Waals surface area contributed by atoms with E-state index in [4.69, 9.17) is 4.74 Å². The Kier molecular flexibility index (Phi) is 4.63. The third-order valence-electron chi connectivity index (χ3n) is 6.51. The van der Waals surface area contributed by atoms with E-state index in [0.29, 0.717) is 17.6 Å². The second-order valence-corrected chi connectivity index (χ2v) is 7.98. The van der Waals surface area contributed by atoms with Crippen molar-refractivity contribution in [3.63, 3.8) is 0 Å². The fourth-order valence-corrected chi connectivity index (χ4v) is 5.40. The van der Waals surface area contributed by atoms with Gasteiger partial charge in [0.1, 0.15) is 5.82 Å². The Morgan fingerprint density at radius 2 is 2.00 bits per heavy atom. The Hall–Kier alpha value is -0.970. The maximum Gasteiger partial charge on any atom is 0.123 e. The molecule has 3 aliphatic rings. The van der Waals surface area contributed by atoms with Crippen LogP contribution >= 0.6 is 0 Å². The van der Waals surface area contributed by atoms with Crippen LogP contribution in [0.4, 0.5) is 4.39 Å². The van der Waals surface area contributed by atoms with Crippen LogP contribution in [-0.2, 0) is 11.3 Å². The first-order chi connectivity index (χ1) is 11.7. The molecule has 3 nitrogen and oxygen atoms in total. The molecule has 1 aromatic carbocycles. The fraction of sp³-hybridized carbons (Fsp3) is 0.700. The zero-order valence-electron chi connectivity index (χ0n) is 14.6. The largest absolute Gasteiger partial charge is 0.377 e. The molecule has 1 aliphatic heterocycles. The molecule has 0 aromatic heterocycles. The van der Waals surface area contributed by atoms with E-state index in [0.717, 1.165) is 32.2 Å². The average Bonchev–Trinajstić information content (AvgIpc) is 3.22. The summed E-state index contributed by atoms with van der Waals surface area (Å²) in [5.41, 5.74) is 1.61. The molecular weight excluding hydrogens is 303 g/mol. The minimum atomic E-state index is -0.164. The number of halogens is 1. The molecule has 132 valence electrons. The SMILES string of the molecule is CN(CCN[C@@H]1[C@H]2CCO[C@H]2C12CCCC2)Cc1ccc(F)cc1. The van der Waals surface area contributed by atoms with Gasteiger partial charge in [0.05, 0.1) is 6.10 Å². The molecule has 2 saturated carbocycles. The maximum atomic E-state index is 13.0. The quantitative estimate of drug-likeness (QED) is 0.866. The lowest BCUT2D eigenvalue weighted by Crippen LogP contribution is -2.67. The molecule has 3 fully saturated rings. The Labute approximate surface area is 144 Å². The van der Waals surface area contributed by atoms with Crippen LogP contribution in [0.2, 0.25) is 0 Å². The first-order valence-corrected chi connectivity index (χ1v) is 9.47. The Balaban J connectivity index is 1.27. The summed E-state index contributed by atoms with van der Waals surface area (Å²) in [6, 6.07) is 7.49. The molecule has 0 radical (unpaired) electrons. The van der Waals surface area contributed by atoms with E-state index >= 15 is 0 Å². The van der Waals surface area contributed by atoms with Gasteiger partial charge in [-0.25, -0.2) is 4.39 Å². The van der Waals surface area contributed by atoms with Crippen molar-refractivity contribution in [2.24, 2.45) is 11.3 Å². The van der Waals surface area contributed by atoms with Crippen LogP contribution in [0.3, 0.4) is 0 Å². The topological polar surface area (TPSA) is 24.5 Å². The van der Waals surface area contributed by atoms with Crippen molar-refractivity contribution in [3.8, 4) is 0 Å². The van der Waals surface area contributed by atoms with E-state index < -0.39 is 0 Å². The van der Waals surface area contributed by atoms with E-state index in [9.17, 15) is 4.39 Å². The molecule has 24 heavy (non-hydrogen) atoms. The highest BCUT2D eigenvalue weighted by Gasteiger charge is 2.64. The van der Waals surface area contributed by atoms with Crippen LogP contribution < -0.4 is 5.32 Å². The summed E-state index contributed by atoms with van der Waals surface area (Å²) in [5.74, 6) is 0.578. The van der Waals surface area contributed by atoms with Crippen molar-refractivity contribution in [2.45, 2.75) is 50.8 Å². The number of rotatable bonds is 6. The van der Waals surface area contributed by atoms with Gasteiger partial charge in [0.15, 0.2) is 0 Å². The van der Waals surface area contributed by atoms with E-state index in [-0.39, 0.29) is 5.82 Å². The smallest absolute Gasteiger partial charge is 0.123 e. The van der Waals surface area contributed by atoms with E-state index in [2.05, 4.69) is 17.3 Å². The van der Waals surface area contributed by atoms with Crippen molar-refractivity contribution < 1.29 is 9.13 Å². The summed E-state index contributed by atoms with van der Waals surface area (Å²) in [4.78, 5) is 2.31. The highest BCUT2D eigenvalue weighted by Crippen LogP contribution is 2.60. The highest BCUT2D eigenvalue weighted by molar-refractivity contribution is 5.17. The average molecular weight is 332 g/mol. The number of nitrogens with one attached hydrogen (secondary N) is 1. The zero-order valence-corrected chi connectivity index (χ0v) is 14.6. The number of likely N-dealkylation sites (N-methyl/N-ethyl adjacent to an activating group) is 1. The van der Waals surface area contributed by atoms with Crippen LogP contribution in [-0.4, -0.2) is 43.8 Å². The van der Waals surface area contributed by atoms with E-state index in [1.807, 2.05) is 12.1 Å². The number of hydrogen-bond donors (Lipinski definition) is 1. The van der Waals surface area contributed by atoms with Crippen molar-refractivity contribution in [2.75, 3.05) is 26.7 Å². The van der Waals surface area contributed by atoms with E-state index in [1.165, 1.54) is 37.7 Å². The number of fused-ring (bicyclic) bond motifs is 2. The third kappa shape index (κ3) is 2.89. The predicted molar refractivity (Wildman–Crippen MR) is 93.3 cm³/mol. The lowest BCUT2D eigenvalue weighted by molar-refractivity contribution is -0.130. The summed E-state index contributed by atoms with van der Waals surface area (Å²) >= 11 is 0. The molecule has 1 heterocycles. The minimum absolute atomic E-state index is 0.164. The Morgan fingerprint density at radius 1 is 1.25 bits per heavy atom. The molecule has 0 amide bonds. The molecule has 1 saturated heterocycles. The molecule has 1 spiro atoms. The van der Waals surface area contributed by atoms with Gasteiger partial charge in [-0.2, -0.15) is 0 Å². The zero-order chi connectivity index (χ0) is 16.6. The van der Waals surface area contributed by atoms with Gasteiger partial charge in [-0.1, -0.05) is 25.0 Å². The first-order valence-electron chi connectivity index (χ1n) is 9.47. The van der Waals surface area contributed by atoms with Gasteiger partial charge in [0.25, 0.3) is 0 Å². The van der Waals surface area contributed by atoms with Gasteiger partial charge < -0.3 is 15.0 Å². The number of ether oxygens (including phenoxy) is 1. The van der Waals surface area contributed by atoms with Crippen molar-refractivity contribution in [1.29, 1.82) is 0 Å². The summed E-state index contributed by atoms with van der Waals surface area (Å²) in [6.07, 6.45) is 7.20. The standard InChI is InChI=1S/C20H29FN2O/c1-23(14-15-4-6-16(21)7-5-15)12-11-22-18-17-8-13-24-19(17)20(18)9-2-3-10-20/h4-7,17-19,22H,2-3,8-14H2,1H3/t17-,18-,19-/m1/s1. The summed E-state index contributed by atoms with van der Waals surface area (Å²) in [6.45, 7) is 3.86. The molecule has 2 aliphatic carbocycles. The highest BCUT2D eigenvalue weighted by atomic mass is 19.1. The molecular formula is C20H29FN2O. The monoisotopic (exact) mass is 332 g/mol. The molecule has 0 unspecified atom stereocenters. The van der Waals surface area contributed by atoms with Gasteiger partial charge in [-0.3, -0.25) is 0 Å². The Bertz CT molecular complexity index is 555. The van der Waals surface area contributed by atoms with Crippen LogP contribution in [0.1, 0.15) is 37.7 Å². The molecule has 0 bridgehead atoms. The van der Waals surface area contributed by atoms with Crippen molar-refractivity contribution in [3.05, 3.63) is 35.6 Å². The second-order valence-electron chi connectivity index (χ2n) is 7.98. The van der Waals surface area contributed by atoms with Crippen LogP contribution in [0, 0.1) is 17.2 Å². The van der Waals surface area contributed by atoms with Crippen LogP contribution in [0.25, 0.3) is 0 Å². The van der Waals surface area contributed by atoms with Crippen LogP contribution in [0.15, 0.2) is 24.3 Å². The first kappa shape index (κ1) is 16.5. The van der Waals surface area contributed by atoms with Gasteiger partial charge in [-0.05, 0) is 44.0 Å². The van der Waals surface area contributed by atoms with Gasteiger partial charge in [0, 0.05) is 43.6 Å². The van der Waals surface area contributed by atoms with Crippen molar-refractivity contribution >= 4 is 0 Å².